The first kappa shape index (κ1) is 13.2. The minimum absolute atomic E-state index is 0.672. The molecule has 0 heterocycles. The smallest absolute Gasteiger partial charge is 0.123 e. The van der Waals surface area contributed by atoms with E-state index in [4.69, 9.17) is 16.3 Å². The summed E-state index contributed by atoms with van der Waals surface area (Å²) < 4.78 is 6.27. The summed E-state index contributed by atoms with van der Waals surface area (Å²) in [4.78, 5) is 0. The molecule has 0 unspecified atom stereocenters. The van der Waals surface area contributed by atoms with E-state index in [1.54, 1.807) is 7.11 Å². The number of hydrogen-bond donors (Lipinski definition) is 1. The number of nitrogens with one attached hydrogen (secondary N) is 1. The van der Waals surface area contributed by atoms with Gasteiger partial charge in [-0.3, -0.25) is 0 Å². The second-order valence-corrected chi connectivity index (χ2v) is 5.11. The van der Waals surface area contributed by atoms with Gasteiger partial charge in [0.1, 0.15) is 5.75 Å². The first-order chi connectivity index (χ1) is 8.70. The van der Waals surface area contributed by atoms with Gasteiger partial charge in [-0.2, -0.15) is 0 Å². The summed E-state index contributed by atoms with van der Waals surface area (Å²) in [5, 5.41) is 3.99. The van der Waals surface area contributed by atoms with E-state index in [0.29, 0.717) is 11.6 Å². The highest BCUT2D eigenvalue weighted by Gasteiger charge is 2.04. The second kappa shape index (κ2) is 6.12. The fraction of sp³-hybridized carbons (Fsp3) is 0.143. The van der Waals surface area contributed by atoms with Crippen molar-refractivity contribution < 1.29 is 4.74 Å². The predicted octanol–water partition coefficient (Wildman–Crippen LogP) is 4.72. The van der Waals surface area contributed by atoms with Crippen LogP contribution in [-0.4, -0.2) is 7.11 Å². The molecule has 1 N–H and O–H groups in total. The van der Waals surface area contributed by atoms with Gasteiger partial charge in [0.15, 0.2) is 0 Å². The fourth-order valence-electron chi connectivity index (χ4n) is 1.67. The Bertz CT molecular complexity index is 545. The third-order valence-corrected chi connectivity index (χ3v) is 3.40. The topological polar surface area (TPSA) is 21.3 Å². The van der Waals surface area contributed by atoms with Gasteiger partial charge in [-0.05, 0) is 24.3 Å². The highest BCUT2D eigenvalue weighted by atomic mass is 79.9. The minimum atomic E-state index is 0.672. The summed E-state index contributed by atoms with van der Waals surface area (Å²) in [5.74, 6) is 0.873. The molecule has 94 valence electrons. The van der Waals surface area contributed by atoms with Crippen LogP contribution in [0.25, 0.3) is 0 Å². The lowest BCUT2D eigenvalue weighted by molar-refractivity contribution is 0.410. The Balaban J connectivity index is 2.11. The molecule has 2 rings (SSSR count). The van der Waals surface area contributed by atoms with E-state index in [-0.39, 0.29) is 0 Å². The van der Waals surface area contributed by atoms with E-state index >= 15 is 0 Å². The van der Waals surface area contributed by atoms with Gasteiger partial charge in [0.25, 0.3) is 0 Å². The Hall–Kier alpha value is -1.19. The molecule has 0 radical (unpaired) electrons. The monoisotopic (exact) mass is 325 g/mol. The fourth-order valence-corrected chi connectivity index (χ4v) is 2.41. The van der Waals surface area contributed by atoms with Crippen molar-refractivity contribution in [1.29, 1.82) is 0 Å². The van der Waals surface area contributed by atoms with Crippen LogP contribution < -0.4 is 10.1 Å². The lowest BCUT2D eigenvalue weighted by atomic mass is 10.2. The van der Waals surface area contributed by atoms with Crippen LogP contribution in [0, 0.1) is 0 Å². The number of methoxy groups -OCH3 is 1. The van der Waals surface area contributed by atoms with Crippen molar-refractivity contribution >= 4 is 33.2 Å². The van der Waals surface area contributed by atoms with Gasteiger partial charge in [0, 0.05) is 16.6 Å². The Morgan fingerprint density at radius 1 is 1.22 bits per heavy atom. The molecule has 0 amide bonds. The molecular weight excluding hydrogens is 314 g/mol. The van der Waals surface area contributed by atoms with Crippen molar-refractivity contribution in [2.75, 3.05) is 12.4 Å². The van der Waals surface area contributed by atoms with Crippen molar-refractivity contribution in [3.05, 3.63) is 57.5 Å². The highest BCUT2D eigenvalue weighted by Crippen LogP contribution is 2.27. The van der Waals surface area contributed by atoms with E-state index in [1.807, 2.05) is 42.5 Å². The van der Waals surface area contributed by atoms with Gasteiger partial charge in [-0.25, -0.2) is 0 Å². The molecule has 0 aliphatic carbocycles. The summed E-state index contributed by atoms with van der Waals surface area (Å²) in [6.45, 7) is 0.672. The van der Waals surface area contributed by atoms with Crippen molar-refractivity contribution in [3.63, 3.8) is 0 Å². The molecule has 4 heteroatoms. The molecule has 0 spiro atoms. The molecule has 2 aromatic rings. The van der Waals surface area contributed by atoms with Crippen molar-refractivity contribution in [2.24, 2.45) is 0 Å². The lowest BCUT2D eigenvalue weighted by Gasteiger charge is -2.11. The van der Waals surface area contributed by atoms with E-state index in [1.165, 1.54) is 0 Å². The molecule has 0 aromatic heterocycles. The second-order valence-electron chi connectivity index (χ2n) is 3.79. The largest absolute Gasteiger partial charge is 0.496 e. The summed E-state index contributed by atoms with van der Waals surface area (Å²) in [6, 6.07) is 13.7. The zero-order chi connectivity index (χ0) is 13.0. The van der Waals surface area contributed by atoms with Crippen LogP contribution in [0.3, 0.4) is 0 Å². The Labute approximate surface area is 120 Å². The number of benzene rings is 2. The number of para-hydroxylation sites is 1. The zero-order valence-electron chi connectivity index (χ0n) is 9.91. The quantitative estimate of drug-likeness (QED) is 0.877. The Morgan fingerprint density at radius 3 is 2.72 bits per heavy atom. The minimum Gasteiger partial charge on any atom is -0.496 e. The maximum atomic E-state index is 6.15. The van der Waals surface area contributed by atoms with Crippen molar-refractivity contribution in [1.82, 2.24) is 0 Å². The zero-order valence-corrected chi connectivity index (χ0v) is 12.3. The van der Waals surface area contributed by atoms with E-state index in [0.717, 1.165) is 21.5 Å². The normalized spacial score (nSPS) is 10.2. The molecular formula is C14H13BrClNO. The van der Waals surface area contributed by atoms with Gasteiger partial charge in [-0.1, -0.05) is 45.7 Å². The van der Waals surface area contributed by atoms with Gasteiger partial charge in [0.2, 0.25) is 0 Å². The maximum absolute atomic E-state index is 6.15. The molecule has 0 bridgehead atoms. The number of hydrogen-bond acceptors (Lipinski definition) is 2. The number of anilines is 1. The number of ether oxygens (including phenoxy) is 1. The first-order valence-electron chi connectivity index (χ1n) is 5.51. The molecule has 0 saturated heterocycles. The summed E-state index contributed by atoms with van der Waals surface area (Å²) in [6.07, 6.45) is 0. The molecule has 0 aliphatic heterocycles. The Kier molecular flexibility index (Phi) is 4.50. The number of rotatable bonds is 4. The van der Waals surface area contributed by atoms with Gasteiger partial charge in [0.05, 0.1) is 17.8 Å². The predicted molar refractivity (Wildman–Crippen MR) is 79.5 cm³/mol. The summed E-state index contributed by atoms with van der Waals surface area (Å²) >= 11 is 9.53. The Morgan fingerprint density at radius 2 is 2.00 bits per heavy atom. The van der Waals surface area contributed by atoms with Crippen molar-refractivity contribution in [2.45, 2.75) is 6.54 Å². The van der Waals surface area contributed by atoms with Crippen LogP contribution in [0.15, 0.2) is 46.9 Å². The molecule has 18 heavy (non-hydrogen) atoms. The third-order valence-electron chi connectivity index (χ3n) is 2.59. The SMILES string of the molecule is COc1ccccc1CNc1ccc(Br)cc1Cl. The molecule has 0 atom stereocenters. The van der Waals surface area contributed by atoms with E-state index < -0.39 is 0 Å². The van der Waals surface area contributed by atoms with Gasteiger partial charge in [-0.15, -0.1) is 0 Å². The number of halogens is 2. The molecule has 0 aliphatic rings. The van der Waals surface area contributed by atoms with Crippen LogP contribution in [0.5, 0.6) is 5.75 Å². The van der Waals surface area contributed by atoms with Crippen LogP contribution in [-0.2, 0) is 6.54 Å². The molecule has 0 fully saturated rings. The average molecular weight is 327 g/mol. The maximum Gasteiger partial charge on any atom is 0.123 e. The van der Waals surface area contributed by atoms with E-state index in [2.05, 4.69) is 21.2 Å². The van der Waals surface area contributed by atoms with E-state index in [9.17, 15) is 0 Å². The highest BCUT2D eigenvalue weighted by molar-refractivity contribution is 9.10. The standard InChI is InChI=1S/C14H13BrClNO/c1-18-14-5-3-2-4-10(14)9-17-13-7-6-11(15)8-12(13)16/h2-8,17H,9H2,1H3. The first-order valence-corrected chi connectivity index (χ1v) is 6.68. The van der Waals surface area contributed by atoms with Crippen molar-refractivity contribution in [3.8, 4) is 5.75 Å². The molecule has 2 aromatic carbocycles. The third kappa shape index (κ3) is 3.18. The molecule has 2 nitrogen and oxygen atoms in total. The van der Waals surface area contributed by atoms with Crippen LogP contribution in [0.1, 0.15) is 5.56 Å². The lowest BCUT2D eigenvalue weighted by Crippen LogP contribution is -2.01. The average Bonchev–Trinajstić information content (AvgIpc) is 2.38. The van der Waals surface area contributed by atoms with Gasteiger partial charge >= 0.3 is 0 Å². The summed E-state index contributed by atoms with van der Waals surface area (Å²) in [5.41, 5.74) is 2.00. The van der Waals surface area contributed by atoms with Gasteiger partial charge < -0.3 is 10.1 Å². The van der Waals surface area contributed by atoms with Crippen LogP contribution in [0.2, 0.25) is 5.02 Å². The van der Waals surface area contributed by atoms with Crippen LogP contribution >= 0.6 is 27.5 Å². The molecule has 0 saturated carbocycles. The van der Waals surface area contributed by atoms with Crippen LogP contribution in [0.4, 0.5) is 5.69 Å². The summed E-state index contributed by atoms with van der Waals surface area (Å²) in [7, 11) is 1.67.